The molecule has 1 aliphatic heterocycles. The van der Waals surface area contributed by atoms with Crippen LogP contribution in [0.15, 0.2) is 72.3 Å². The molecule has 1 heterocycles. The molecule has 0 bridgehead atoms. The quantitative estimate of drug-likeness (QED) is 0.223. The lowest BCUT2D eigenvalue weighted by atomic mass is 9.77. The number of benzene rings is 3. The molecule has 0 unspecified atom stereocenters. The number of hydrogen-bond donors (Lipinski definition) is 4. The summed E-state index contributed by atoms with van der Waals surface area (Å²) in [6, 6.07) is 17.2. The van der Waals surface area contributed by atoms with Crippen molar-refractivity contribution < 1.29 is 43.9 Å². The minimum Gasteiger partial charge on any atom is -0.497 e. The smallest absolute Gasteiger partial charge is 0.247 e. The molecule has 0 spiro atoms. The van der Waals surface area contributed by atoms with Gasteiger partial charge >= 0.3 is 0 Å². The molecule has 46 heavy (non-hydrogen) atoms. The first kappa shape index (κ1) is 32.8. The summed E-state index contributed by atoms with van der Waals surface area (Å²) in [6.45, 7) is -0.335. The lowest BCUT2D eigenvalue weighted by Gasteiger charge is -2.41. The van der Waals surface area contributed by atoms with Gasteiger partial charge in [-0.15, -0.1) is 0 Å². The molecule has 0 saturated carbocycles. The van der Waals surface area contributed by atoms with Crippen LogP contribution in [-0.2, 0) is 29.0 Å². The molecular weight excluding hydrogens is 592 g/mol. The average Bonchev–Trinajstić information content (AvgIpc) is 3.48. The highest BCUT2D eigenvalue weighted by Crippen LogP contribution is 2.51. The summed E-state index contributed by atoms with van der Waals surface area (Å²) in [5, 5.41) is 34.0. The summed E-state index contributed by atoms with van der Waals surface area (Å²) in [5.74, 6) is 0.546. The third kappa shape index (κ3) is 6.67. The van der Waals surface area contributed by atoms with Gasteiger partial charge in [0.2, 0.25) is 11.8 Å². The lowest BCUT2D eigenvalue weighted by molar-refractivity contribution is -0.136. The van der Waals surface area contributed by atoms with Crippen molar-refractivity contribution >= 4 is 11.8 Å². The first-order chi connectivity index (χ1) is 22.3. The second-order valence-corrected chi connectivity index (χ2v) is 11.2. The number of carbonyl (C=O) groups excluding carboxylic acids is 2. The van der Waals surface area contributed by atoms with Gasteiger partial charge < -0.3 is 44.5 Å². The third-order valence-corrected chi connectivity index (χ3v) is 8.48. The van der Waals surface area contributed by atoms with Crippen LogP contribution in [0.3, 0.4) is 0 Å². The van der Waals surface area contributed by atoms with E-state index in [1.807, 2.05) is 36.4 Å². The van der Waals surface area contributed by atoms with Crippen LogP contribution in [0.2, 0.25) is 0 Å². The molecule has 11 heteroatoms. The maximum Gasteiger partial charge on any atom is 0.247 e. The van der Waals surface area contributed by atoms with E-state index in [0.29, 0.717) is 40.5 Å². The molecule has 2 aliphatic rings. The van der Waals surface area contributed by atoms with Gasteiger partial charge in [0.1, 0.15) is 23.7 Å². The third-order valence-electron chi connectivity index (χ3n) is 8.48. The Kier molecular flexibility index (Phi) is 10.5. The summed E-state index contributed by atoms with van der Waals surface area (Å²) in [4.78, 5) is 29.3. The number of rotatable bonds is 13. The van der Waals surface area contributed by atoms with Gasteiger partial charge in [0.25, 0.3) is 0 Å². The molecule has 0 fully saturated rings. The summed E-state index contributed by atoms with van der Waals surface area (Å²) in [5.41, 5.74) is 3.02. The molecule has 0 aromatic heterocycles. The van der Waals surface area contributed by atoms with Crippen LogP contribution in [0.1, 0.15) is 28.2 Å². The number of hydrogen-bond acceptors (Lipinski definition) is 9. The standard InChI is InChI=1S/C35H40N2O9/c1-43-24-9-10-28(44-2)23(18-24)11-13-37(30(40)17-21-7-5-4-6-8-21)27-19-26(35(42)36-12-14-38)31-25-15-22(20-39)16-29(45-3)33(25)46-34(31)32(27)41/h4-10,15-16,18-19,27,31-32,34,38-39,41H,11-14,17,20H2,1-3H3,(H,36,42)/t27-,31+,32+,34+/m1/s1. The predicted molar refractivity (Wildman–Crippen MR) is 169 cm³/mol. The second-order valence-electron chi connectivity index (χ2n) is 11.2. The van der Waals surface area contributed by atoms with Crippen LogP contribution in [0, 0.1) is 0 Å². The Morgan fingerprint density at radius 3 is 2.37 bits per heavy atom. The molecule has 2 amide bonds. The number of nitrogens with zero attached hydrogens (tertiary/aromatic N) is 1. The van der Waals surface area contributed by atoms with Crippen LogP contribution in [0.25, 0.3) is 0 Å². The predicted octanol–water partition coefficient (Wildman–Crippen LogP) is 2.14. The highest BCUT2D eigenvalue weighted by Gasteiger charge is 2.51. The average molecular weight is 633 g/mol. The topological polar surface area (TPSA) is 147 Å². The van der Waals surface area contributed by atoms with Gasteiger partial charge in [0.05, 0.1) is 52.9 Å². The maximum atomic E-state index is 14.1. The van der Waals surface area contributed by atoms with Crippen molar-refractivity contribution in [2.24, 2.45) is 0 Å². The van der Waals surface area contributed by atoms with Gasteiger partial charge in [0.15, 0.2) is 11.5 Å². The zero-order valence-corrected chi connectivity index (χ0v) is 26.1. The van der Waals surface area contributed by atoms with Gasteiger partial charge in [-0.25, -0.2) is 0 Å². The van der Waals surface area contributed by atoms with E-state index in [0.717, 1.165) is 11.1 Å². The van der Waals surface area contributed by atoms with E-state index in [4.69, 9.17) is 18.9 Å². The first-order valence-electron chi connectivity index (χ1n) is 15.1. The fraction of sp³-hybridized carbons (Fsp3) is 0.371. The Balaban J connectivity index is 1.57. The molecule has 3 aromatic carbocycles. The Morgan fingerprint density at radius 2 is 1.70 bits per heavy atom. The van der Waals surface area contributed by atoms with Crippen LogP contribution in [0.5, 0.6) is 23.0 Å². The number of aliphatic hydroxyl groups is 3. The van der Waals surface area contributed by atoms with E-state index in [-0.39, 0.29) is 44.2 Å². The molecule has 1 aliphatic carbocycles. The minimum atomic E-state index is -1.24. The number of aliphatic hydroxyl groups excluding tert-OH is 3. The second kappa shape index (κ2) is 14.7. The molecule has 11 nitrogen and oxygen atoms in total. The molecule has 5 rings (SSSR count). The number of methoxy groups -OCH3 is 3. The summed E-state index contributed by atoms with van der Waals surface area (Å²) in [6.07, 6.45) is -0.113. The van der Waals surface area contributed by atoms with Crippen LogP contribution < -0.4 is 24.3 Å². The van der Waals surface area contributed by atoms with E-state index in [1.54, 1.807) is 49.5 Å². The summed E-state index contributed by atoms with van der Waals surface area (Å²) >= 11 is 0. The van der Waals surface area contributed by atoms with E-state index in [2.05, 4.69) is 5.32 Å². The number of ether oxygens (including phenoxy) is 4. The highest BCUT2D eigenvalue weighted by atomic mass is 16.5. The molecule has 4 atom stereocenters. The van der Waals surface area contributed by atoms with Crippen LogP contribution in [0.4, 0.5) is 0 Å². The monoisotopic (exact) mass is 632 g/mol. The van der Waals surface area contributed by atoms with Gasteiger partial charge in [-0.1, -0.05) is 30.3 Å². The fourth-order valence-electron chi connectivity index (χ4n) is 6.25. The van der Waals surface area contributed by atoms with Crippen LogP contribution in [-0.4, -0.2) is 91.3 Å². The van der Waals surface area contributed by atoms with E-state index >= 15 is 0 Å². The van der Waals surface area contributed by atoms with E-state index in [9.17, 15) is 24.9 Å². The van der Waals surface area contributed by atoms with Gasteiger partial charge in [-0.2, -0.15) is 0 Å². The molecule has 4 N–H and O–H groups in total. The van der Waals surface area contributed by atoms with Crippen molar-refractivity contribution in [3.8, 4) is 23.0 Å². The van der Waals surface area contributed by atoms with E-state index in [1.165, 1.54) is 7.11 Å². The largest absolute Gasteiger partial charge is 0.497 e. The van der Waals surface area contributed by atoms with Crippen molar-refractivity contribution in [3.63, 3.8) is 0 Å². The molecule has 244 valence electrons. The van der Waals surface area contributed by atoms with Crippen molar-refractivity contribution in [3.05, 3.63) is 94.6 Å². The Hall–Kier alpha value is -4.58. The zero-order valence-electron chi connectivity index (χ0n) is 26.1. The fourth-order valence-corrected chi connectivity index (χ4v) is 6.25. The summed E-state index contributed by atoms with van der Waals surface area (Å²) < 4.78 is 22.9. The molecule has 3 aromatic rings. The van der Waals surface area contributed by atoms with Crippen LogP contribution >= 0.6 is 0 Å². The normalized spacial score (nSPS) is 19.7. The Bertz CT molecular complexity index is 1580. The number of fused-ring (bicyclic) bond motifs is 3. The summed E-state index contributed by atoms with van der Waals surface area (Å²) in [7, 11) is 4.62. The van der Waals surface area contributed by atoms with Crippen molar-refractivity contribution in [2.45, 2.75) is 43.6 Å². The van der Waals surface area contributed by atoms with E-state index < -0.39 is 30.1 Å². The number of nitrogens with one attached hydrogen (secondary N) is 1. The van der Waals surface area contributed by atoms with Crippen molar-refractivity contribution in [1.29, 1.82) is 0 Å². The Labute approximate surface area is 268 Å². The number of carbonyl (C=O) groups is 2. The maximum absolute atomic E-state index is 14.1. The number of amides is 2. The Morgan fingerprint density at radius 1 is 0.935 bits per heavy atom. The highest BCUT2D eigenvalue weighted by molar-refractivity contribution is 5.96. The lowest BCUT2D eigenvalue weighted by Crippen LogP contribution is -2.56. The minimum absolute atomic E-state index is 0.0147. The first-order valence-corrected chi connectivity index (χ1v) is 15.1. The van der Waals surface area contributed by atoms with Gasteiger partial charge in [-0.3, -0.25) is 9.59 Å². The molecule has 0 saturated heterocycles. The van der Waals surface area contributed by atoms with Crippen molar-refractivity contribution in [1.82, 2.24) is 10.2 Å². The molecular formula is C35H40N2O9. The van der Waals surface area contributed by atoms with Crippen molar-refractivity contribution in [2.75, 3.05) is 41.0 Å². The van der Waals surface area contributed by atoms with Gasteiger partial charge in [0, 0.05) is 24.2 Å². The van der Waals surface area contributed by atoms with Gasteiger partial charge in [-0.05, 0) is 59.5 Å². The molecule has 0 radical (unpaired) electrons. The zero-order chi connectivity index (χ0) is 32.8. The SMILES string of the molecule is COc1ccc(OC)c(CCN(C(=O)Cc2ccccc2)[C@@H]2C=C(C(=O)NCCO)[C@@H]3c4cc(CO)cc(OC)c4O[C@@H]3[C@H]2O)c1.